The SMILES string of the molecule is CN=C(NCCNc1nccc(C(F)(F)F)n1)NCC(C)Oc1cccc(C)c1.I. The third kappa shape index (κ3) is 9.01. The van der Waals surface area contributed by atoms with Gasteiger partial charge < -0.3 is 20.7 Å². The van der Waals surface area contributed by atoms with E-state index in [2.05, 4.69) is 30.9 Å². The minimum absolute atomic E-state index is 0. The Bertz CT molecular complexity index is 819. The van der Waals surface area contributed by atoms with E-state index in [9.17, 15) is 13.2 Å². The number of nitrogens with zero attached hydrogens (tertiary/aromatic N) is 3. The first-order chi connectivity index (χ1) is 13.8. The zero-order valence-electron chi connectivity index (χ0n) is 17.0. The van der Waals surface area contributed by atoms with E-state index in [0.29, 0.717) is 25.6 Å². The summed E-state index contributed by atoms with van der Waals surface area (Å²) in [6.07, 6.45) is -3.52. The van der Waals surface area contributed by atoms with E-state index >= 15 is 0 Å². The Kier molecular flexibility index (Phi) is 10.6. The number of halogens is 4. The second-order valence-electron chi connectivity index (χ2n) is 6.31. The number of anilines is 1. The molecule has 2 rings (SSSR count). The van der Waals surface area contributed by atoms with Gasteiger partial charge in [-0.25, -0.2) is 9.97 Å². The third-order valence-electron chi connectivity index (χ3n) is 3.75. The lowest BCUT2D eigenvalue weighted by Crippen LogP contribution is -2.43. The summed E-state index contributed by atoms with van der Waals surface area (Å²) in [4.78, 5) is 11.3. The second kappa shape index (κ2) is 12.4. The first kappa shape index (κ1) is 25.7. The largest absolute Gasteiger partial charge is 0.489 e. The number of hydrogen-bond donors (Lipinski definition) is 3. The average Bonchev–Trinajstić information content (AvgIpc) is 2.67. The molecule has 0 aliphatic heterocycles. The van der Waals surface area contributed by atoms with Crippen molar-refractivity contribution in [2.75, 3.05) is 32.0 Å². The van der Waals surface area contributed by atoms with Crippen molar-refractivity contribution in [2.45, 2.75) is 26.1 Å². The van der Waals surface area contributed by atoms with Crippen LogP contribution in [0.25, 0.3) is 0 Å². The van der Waals surface area contributed by atoms with Crippen molar-refractivity contribution in [1.82, 2.24) is 20.6 Å². The summed E-state index contributed by atoms with van der Waals surface area (Å²) in [5.74, 6) is 1.27. The molecule has 0 aliphatic carbocycles. The minimum atomic E-state index is -4.50. The molecule has 1 unspecified atom stereocenters. The fraction of sp³-hybridized carbons (Fsp3) is 0.421. The van der Waals surface area contributed by atoms with Gasteiger partial charge in [0.1, 0.15) is 17.5 Å². The lowest BCUT2D eigenvalue weighted by Gasteiger charge is -2.18. The Labute approximate surface area is 191 Å². The molecule has 166 valence electrons. The van der Waals surface area contributed by atoms with Gasteiger partial charge >= 0.3 is 6.18 Å². The van der Waals surface area contributed by atoms with Crippen molar-refractivity contribution >= 4 is 35.9 Å². The van der Waals surface area contributed by atoms with E-state index in [-0.39, 0.29) is 36.0 Å². The van der Waals surface area contributed by atoms with E-state index in [1.165, 1.54) is 0 Å². The van der Waals surface area contributed by atoms with Gasteiger partial charge in [0, 0.05) is 26.3 Å². The molecule has 0 aliphatic rings. The van der Waals surface area contributed by atoms with E-state index in [1.807, 2.05) is 38.1 Å². The molecule has 3 N–H and O–H groups in total. The molecule has 1 atom stereocenters. The van der Waals surface area contributed by atoms with Crippen LogP contribution in [0.4, 0.5) is 19.1 Å². The zero-order chi connectivity index (χ0) is 21.3. The van der Waals surface area contributed by atoms with E-state index in [1.54, 1.807) is 7.05 Å². The molecule has 0 amide bonds. The number of nitrogens with one attached hydrogen (secondary N) is 3. The average molecular weight is 538 g/mol. The number of guanidine groups is 1. The van der Waals surface area contributed by atoms with Crippen molar-refractivity contribution in [3.63, 3.8) is 0 Å². The second-order valence-corrected chi connectivity index (χ2v) is 6.31. The zero-order valence-corrected chi connectivity index (χ0v) is 19.3. The van der Waals surface area contributed by atoms with E-state index < -0.39 is 11.9 Å². The molecule has 0 radical (unpaired) electrons. The highest BCUT2D eigenvalue weighted by molar-refractivity contribution is 14.0. The van der Waals surface area contributed by atoms with Crippen molar-refractivity contribution in [3.05, 3.63) is 47.8 Å². The van der Waals surface area contributed by atoms with Crippen LogP contribution >= 0.6 is 24.0 Å². The Hall–Kier alpha value is -2.31. The van der Waals surface area contributed by atoms with Gasteiger partial charge in [-0.2, -0.15) is 13.2 Å². The van der Waals surface area contributed by atoms with Crippen LogP contribution in [0.5, 0.6) is 5.75 Å². The number of aliphatic imine (C=N–C) groups is 1. The first-order valence-electron chi connectivity index (χ1n) is 9.10. The highest BCUT2D eigenvalue weighted by atomic mass is 127. The molecule has 2 aromatic rings. The molecular formula is C19H26F3IN6O. The summed E-state index contributed by atoms with van der Waals surface area (Å²) in [6, 6.07) is 8.63. The Morgan fingerprint density at radius 1 is 1.20 bits per heavy atom. The standard InChI is InChI=1S/C19H25F3N6O.HI/c1-13-5-4-6-15(11-13)29-14(2)12-27-17(23-3)25-9-10-26-18-24-8-7-16(28-18)19(20,21)22;/h4-8,11,14H,9-10,12H2,1-3H3,(H2,23,25,27)(H,24,26,28);1H. The predicted molar refractivity (Wildman–Crippen MR) is 122 cm³/mol. The van der Waals surface area contributed by atoms with Crippen LogP contribution in [0, 0.1) is 6.92 Å². The molecule has 0 saturated carbocycles. The fourth-order valence-corrected chi connectivity index (χ4v) is 2.38. The van der Waals surface area contributed by atoms with E-state index in [4.69, 9.17) is 4.74 Å². The summed E-state index contributed by atoms with van der Waals surface area (Å²) >= 11 is 0. The molecule has 11 heteroatoms. The lowest BCUT2D eigenvalue weighted by atomic mass is 10.2. The number of ether oxygens (including phenoxy) is 1. The molecule has 0 bridgehead atoms. The van der Waals surface area contributed by atoms with Crippen molar-refractivity contribution < 1.29 is 17.9 Å². The smallest absolute Gasteiger partial charge is 0.433 e. The van der Waals surface area contributed by atoms with Crippen molar-refractivity contribution in [3.8, 4) is 5.75 Å². The summed E-state index contributed by atoms with van der Waals surface area (Å²) in [5, 5.41) is 8.94. The number of alkyl halides is 3. The maximum atomic E-state index is 12.7. The van der Waals surface area contributed by atoms with Crippen LogP contribution in [0.2, 0.25) is 0 Å². The number of hydrogen-bond acceptors (Lipinski definition) is 5. The number of aryl methyl sites for hydroxylation is 1. The molecule has 1 aromatic carbocycles. The minimum Gasteiger partial charge on any atom is -0.489 e. The van der Waals surface area contributed by atoms with Gasteiger partial charge in [-0.15, -0.1) is 24.0 Å². The van der Waals surface area contributed by atoms with Gasteiger partial charge in [0.2, 0.25) is 5.95 Å². The molecule has 0 spiro atoms. The quantitative estimate of drug-likeness (QED) is 0.207. The van der Waals surface area contributed by atoms with Gasteiger partial charge in [0.15, 0.2) is 5.96 Å². The predicted octanol–water partition coefficient (Wildman–Crippen LogP) is 3.47. The van der Waals surface area contributed by atoms with E-state index in [0.717, 1.165) is 23.6 Å². The first-order valence-corrected chi connectivity index (χ1v) is 9.10. The third-order valence-corrected chi connectivity index (χ3v) is 3.75. The highest BCUT2D eigenvalue weighted by Crippen LogP contribution is 2.27. The molecule has 0 saturated heterocycles. The van der Waals surface area contributed by atoms with Gasteiger partial charge in [0.05, 0.1) is 6.54 Å². The highest BCUT2D eigenvalue weighted by Gasteiger charge is 2.32. The monoisotopic (exact) mass is 538 g/mol. The van der Waals surface area contributed by atoms with Crippen molar-refractivity contribution in [2.24, 2.45) is 4.99 Å². The van der Waals surface area contributed by atoms with Gasteiger partial charge in [-0.3, -0.25) is 4.99 Å². The Morgan fingerprint density at radius 2 is 1.97 bits per heavy atom. The number of aromatic nitrogens is 2. The molecule has 7 nitrogen and oxygen atoms in total. The lowest BCUT2D eigenvalue weighted by molar-refractivity contribution is -0.141. The van der Waals surface area contributed by atoms with Crippen LogP contribution in [0.1, 0.15) is 18.2 Å². The molecule has 30 heavy (non-hydrogen) atoms. The van der Waals surface area contributed by atoms with Crippen LogP contribution in [0.3, 0.4) is 0 Å². The Morgan fingerprint density at radius 3 is 2.63 bits per heavy atom. The normalized spacial score (nSPS) is 12.5. The summed E-state index contributed by atoms with van der Waals surface area (Å²) < 4.78 is 43.8. The number of benzene rings is 1. The van der Waals surface area contributed by atoms with Crippen LogP contribution in [-0.2, 0) is 6.18 Å². The van der Waals surface area contributed by atoms with Crippen LogP contribution < -0.4 is 20.7 Å². The van der Waals surface area contributed by atoms with Crippen LogP contribution in [-0.4, -0.2) is 48.7 Å². The van der Waals surface area contributed by atoms with Crippen LogP contribution in [0.15, 0.2) is 41.5 Å². The summed E-state index contributed by atoms with van der Waals surface area (Å²) in [6.45, 7) is 5.19. The van der Waals surface area contributed by atoms with Gasteiger partial charge in [-0.05, 0) is 37.6 Å². The molecule has 1 heterocycles. The Balaban J connectivity index is 0.00000450. The fourth-order valence-electron chi connectivity index (χ4n) is 2.38. The maximum Gasteiger partial charge on any atom is 0.433 e. The van der Waals surface area contributed by atoms with Gasteiger partial charge in [-0.1, -0.05) is 12.1 Å². The molecule has 1 aromatic heterocycles. The summed E-state index contributed by atoms with van der Waals surface area (Å²) in [7, 11) is 1.63. The van der Waals surface area contributed by atoms with Crippen molar-refractivity contribution in [1.29, 1.82) is 0 Å². The molecule has 0 fully saturated rings. The number of rotatable bonds is 8. The maximum absolute atomic E-state index is 12.7. The summed E-state index contributed by atoms with van der Waals surface area (Å²) in [5.41, 5.74) is 0.139. The topological polar surface area (TPSA) is 83.5 Å². The molecular weight excluding hydrogens is 512 g/mol. The van der Waals surface area contributed by atoms with Gasteiger partial charge in [0.25, 0.3) is 0 Å².